The van der Waals surface area contributed by atoms with Crippen LogP contribution in [0.2, 0.25) is 0 Å². The van der Waals surface area contributed by atoms with Gasteiger partial charge in [0.1, 0.15) is 5.75 Å². The van der Waals surface area contributed by atoms with Crippen molar-refractivity contribution in [2.24, 2.45) is 0 Å². The summed E-state index contributed by atoms with van der Waals surface area (Å²) in [5, 5.41) is 0. The summed E-state index contributed by atoms with van der Waals surface area (Å²) < 4.78 is 24.7. The minimum atomic E-state index is -0.607. The van der Waals surface area contributed by atoms with E-state index in [0.717, 1.165) is 98.9 Å². The van der Waals surface area contributed by atoms with E-state index in [1.165, 1.54) is 5.56 Å². The molecule has 2 aliphatic rings. The van der Waals surface area contributed by atoms with Crippen molar-refractivity contribution in [2.45, 2.75) is 83.5 Å². The molecule has 4 rings (SSSR count). The second kappa shape index (κ2) is 13.9. The maximum atomic E-state index is 11.7. The van der Waals surface area contributed by atoms with E-state index in [-0.39, 0.29) is 6.10 Å². The van der Waals surface area contributed by atoms with Crippen molar-refractivity contribution in [3.8, 4) is 5.75 Å². The lowest BCUT2D eigenvalue weighted by atomic mass is 10.0. The molecule has 2 aromatic carbocycles. The molecule has 0 bridgehead atoms. The second-order valence-corrected chi connectivity index (χ2v) is 11.3. The van der Waals surface area contributed by atoms with Crippen LogP contribution in [0.25, 0.3) is 0 Å². The molecule has 2 atom stereocenters. The highest BCUT2D eigenvalue weighted by atomic mass is 79.9. The van der Waals surface area contributed by atoms with Crippen molar-refractivity contribution in [3.05, 3.63) is 63.6 Å². The van der Waals surface area contributed by atoms with E-state index in [2.05, 4.69) is 51.2 Å². The molecular weight excluding hydrogens is 534 g/mol. The number of ether oxygens (including phenoxy) is 4. The van der Waals surface area contributed by atoms with Gasteiger partial charge in [0.2, 0.25) is 5.79 Å². The summed E-state index contributed by atoms with van der Waals surface area (Å²) in [5.74, 6) is 0.246. The van der Waals surface area contributed by atoms with Crippen LogP contribution >= 0.6 is 15.9 Å². The van der Waals surface area contributed by atoms with Crippen LogP contribution in [0.1, 0.15) is 75.2 Å². The zero-order valence-electron chi connectivity index (χ0n) is 22.1. The molecule has 37 heavy (non-hydrogen) atoms. The fourth-order valence-corrected chi connectivity index (χ4v) is 5.34. The molecule has 202 valence electrons. The Morgan fingerprint density at radius 2 is 1.86 bits per heavy atom. The molecule has 7 heteroatoms. The highest BCUT2D eigenvalue weighted by molar-refractivity contribution is 9.10. The molecule has 0 aliphatic carbocycles. The van der Waals surface area contributed by atoms with E-state index in [9.17, 15) is 4.79 Å². The summed E-state index contributed by atoms with van der Waals surface area (Å²) in [7, 11) is 0. The predicted octanol–water partition coefficient (Wildman–Crippen LogP) is 6.59. The van der Waals surface area contributed by atoms with Gasteiger partial charge in [0.25, 0.3) is 0 Å². The molecule has 0 amide bonds. The lowest BCUT2D eigenvalue weighted by molar-refractivity contribution is -0.180. The molecule has 0 spiro atoms. The van der Waals surface area contributed by atoms with Crippen LogP contribution in [0, 0.1) is 0 Å². The van der Waals surface area contributed by atoms with E-state index in [0.29, 0.717) is 6.61 Å². The monoisotopic (exact) mass is 573 g/mol. The van der Waals surface area contributed by atoms with Crippen LogP contribution in [-0.2, 0) is 32.0 Å². The molecule has 0 N–H and O–H groups in total. The molecule has 1 fully saturated rings. The zero-order chi connectivity index (χ0) is 26.1. The van der Waals surface area contributed by atoms with Crippen LogP contribution < -0.4 is 4.74 Å². The Morgan fingerprint density at radius 3 is 2.68 bits per heavy atom. The number of halogens is 1. The molecule has 0 radical (unpaired) electrons. The van der Waals surface area contributed by atoms with Gasteiger partial charge in [0.15, 0.2) is 12.5 Å². The highest BCUT2D eigenvalue weighted by Gasteiger charge is 2.34. The predicted molar refractivity (Wildman–Crippen MR) is 148 cm³/mol. The van der Waals surface area contributed by atoms with Gasteiger partial charge in [-0.25, -0.2) is 0 Å². The first kappa shape index (κ1) is 28.2. The first-order valence-electron chi connectivity index (χ1n) is 13.6. The third-order valence-electron chi connectivity index (χ3n) is 6.94. The SMILES string of the molecule is CC1(C)OCc2cc([C@@H]3CN(CCCCCCOCCCCc4cccc(Br)c4)C(C=O)O3)ccc2O1. The van der Waals surface area contributed by atoms with Crippen LogP contribution in [0.3, 0.4) is 0 Å². The molecule has 2 aromatic rings. The summed E-state index contributed by atoms with van der Waals surface area (Å²) in [6.45, 7) is 7.58. The molecule has 2 aliphatic heterocycles. The Morgan fingerprint density at radius 1 is 1.05 bits per heavy atom. The molecule has 1 saturated heterocycles. The molecular formula is C30H40BrNO5. The maximum absolute atomic E-state index is 11.7. The fraction of sp³-hybridized carbons (Fsp3) is 0.567. The van der Waals surface area contributed by atoms with Crippen LogP contribution in [0.5, 0.6) is 5.75 Å². The van der Waals surface area contributed by atoms with E-state index in [1.54, 1.807) is 0 Å². The van der Waals surface area contributed by atoms with Gasteiger partial charge in [-0.2, -0.15) is 0 Å². The van der Waals surface area contributed by atoms with Gasteiger partial charge in [0.05, 0.1) is 12.7 Å². The Balaban J connectivity index is 1.07. The minimum absolute atomic E-state index is 0.118. The normalized spacial score (nSPS) is 20.9. The Hall–Kier alpha value is -1.77. The smallest absolute Gasteiger partial charge is 0.205 e. The number of fused-ring (bicyclic) bond motifs is 1. The van der Waals surface area contributed by atoms with Crippen molar-refractivity contribution in [1.82, 2.24) is 4.90 Å². The number of hydrogen-bond acceptors (Lipinski definition) is 6. The number of carbonyl (C=O) groups is 1. The summed E-state index contributed by atoms with van der Waals surface area (Å²) in [5.41, 5.74) is 3.46. The third kappa shape index (κ3) is 8.62. The third-order valence-corrected chi connectivity index (χ3v) is 7.44. The van der Waals surface area contributed by atoms with Gasteiger partial charge in [-0.1, -0.05) is 47.0 Å². The zero-order valence-corrected chi connectivity index (χ0v) is 23.7. The highest BCUT2D eigenvalue weighted by Crippen LogP contribution is 2.35. The van der Waals surface area contributed by atoms with Gasteiger partial charge in [-0.3, -0.25) is 9.69 Å². The van der Waals surface area contributed by atoms with E-state index in [1.807, 2.05) is 26.0 Å². The molecule has 1 unspecified atom stereocenters. The van der Waals surface area contributed by atoms with Crippen LogP contribution in [-0.4, -0.2) is 49.5 Å². The second-order valence-electron chi connectivity index (χ2n) is 10.4. The standard InChI is InChI=1S/C30H40BrNO5/c1-30(2)35-22-25-19-24(13-14-27(25)37-30)28-20-32(29(21-33)36-28)15-6-3-4-7-16-34-17-8-5-10-23-11-9-12-26(31)18-23/h9,11-14,18-19,21,28-29H,3-8,10,15-17,20,22H2,1-2H3/t28-,29?/m0/s1. The summed E-state index contributed by atoms with van der Waals surface area (Å²) in [6, 6.07) is 14.6. The van der Waals surface area contributed by atoms with Gasteiger partial charge in [-0.15, -0.1) is 0 Å². The van der Waals surface area contributed by atoms with Gasteiger partial charge in [-0.05, 0) is 67.5 Å². The topological polar surface area (TPSA) is 57.2 Å². The Kier molecular flexibility index (Phi) is 10.6. The van der Waals surface area contributed by atoms with Gasteiger partial charge in [0, 0.05) is 50.2 Å². The molecule has 0 saturated carbocycles. The fourth-order valence-electron chi connectivity index (χ4n) is 4.89. The molecule has 2 heterocycles. The Bertz CT molecular complexity index is 1010. The number of unbranched alkanes of at least 4 members (excludes halogenated alkanes) is 4. The number of rotatable bonds is 14. The number of aldehydes is 1. The van der Waals surface area contributed by atoms with Gasteiger partial charge >= 0.3 is 0 Å². The number of aryl methyl sites for hydroxylation is 1. The molecule has 6 nitrogen and oxygen atoms in total. The van der Waals surface area contributed by atoms with E-state index >= 15 is 0 Å². The quantitative estimate of drug-likeness (QED) is 0.187. The van der Waals surface area contributed by atoms with Crippen LogP contribution in [0.4, 0.5) is 0 Å². The van der Waals surface area contributed by atoms with Gasteiger partial charge < -0.3 is 18.9 Å². The van der Waals surface area contributed by atoms with Crippen molar-refractivity contribution in [2.75, 3.05) is 26.3 Å². The largest absolute Gasteiger partial charge is 0.463 e. The average molecular weight is 575 g/mol. The lowest BCUT2D eigenvalue weighted by Crippen LogP contribution is -2.35. The number of hydrogen-bond donors (Lipinski definition) is 0. The first-order valence-corrected chi connectivity index (χ1v) is 14.4. The van der Waals surface area contributed by atoms with Crippen molar-refractivity contribution >= 4 is 22.2 Å². The maximum Gasteiger partial charge on any atom is 0.205 e. The average Bonchev–Trinajstić information content (AvgIpc) is 3.29. The summed E-state index contributed by atoms with van der Waals surface area (Å²) in [4.78, 5) is 13.8. The van der Waals surface area contributed by atoms with Crippen molar-refractivity contribution < 1.29 is 23.7 Å². The minimum Gasteiger partial charge on any atom is -0.463 e. The summed E-state index contributed by atoms with van der Waals surface area (Å²) in [6.07, 6.45) is 8.06. The number of carbonyl (C=O) groups excluding carboxylic acids is 1. The van der Waals surface area contributed by atoms with Crippen molar-refractivity contribution in [1.29, 1.82) is 0 Å². The van der Waals surface area contributed by atoms with Crippen molar-refractivity contribution in [3.63, 3.8) is 0 Å². The number of benzene rings is 2. The lowest BCUT2D eigenvalue weighted by Gasteiger charge is -2.33. The van der Waals surface area contributed by atoms with E-state index in [4.69, 9.17) is 18.9 Å². The van der Waals surface area contributed by atoms with E-state index < -0.39 is 12.0 Å². The number of nitrogens with zero attached hydrogens (tertiary/aromatic N) is 1. The Labute approximate surface area is 229 Å². The molecule has 0 aromatic heterocycles. The summed E-state index contributed by atoms with van der Waals surface area (Å²) >= 11 is 3.53. The van der Waals surface area contributed by atoms with Crippen LogP contribution in [0.15, 0.2) is 46.9 Å². The first-order chi connectivity index (χ1) is 17.9.